The number of nitrogens with one attached hydrogen (secondary N) is 1. The van der Waals surface area contributed by atoms with Crippen LogP contribution in [-0.2, 0) is 0 Å². The van der Waals surface area contributed by atoms with E-state index in [4.69, 9.17) is 14.2 Å². The molecule has 0 radical (unpaired) electrons. The minimum Gasteiger partial charge on any atom is -0.495 e. The van der Waals surface area contributed by atoms with Crippen molar-refractivity contribution in [3.63, 3.8) is 0 Å². The fourth-order valence-electron chi connectivity index (χ4n) is 5.23. The van der Waals surface area contributed by atoms with E-state index < -0.39 is 24.2 Å². The molecule has 1 amide bonds. The molecule has 0 bridgehead atoms. The lowest BCUT2D eigenvalue weighted by Crippen LogP contribution is -2.49. The van der Waals surface area contributed by atoms with Gasteiger partial charge in [-0.2, -0.15) is 18.3 Å². The summed E-state index contributed by atoms with van der Waals surface area (Å²) in [6.07, 6.45) is -4.82. The Balaban J connectivity index is 1.21. The first-order valence-corrected chi connectivity index (χ1v) is 12.3. The first-order valence-electron chi connectivity index (χ1n) is 12.3. The maximum absolute atomic E-state index is 14.1. The molecule has 3 aliphatic rings. The van der Waals surface area contributed by atoms with Gasteiger partial charge in [0.2, 0.25) is 6.79 Å². The molecule has 0 unspecified atom stereocenters. The van der Waals surface area contributed by atoms with Crippen LogP contribution in [0.25, 0.3) is 0 Å². The van der Waals surface area contributed by atoms with E-state index in [2.05, 4.69) is 15.3 Å². The number of carbonyl (C=O) groups excluding carboxylic acids is 1. The standard InChI is InChI=1S/C26H26F3N5O4/c1-36-20-5-3-2-4-19(20)32-8-10-33(11-9-32)25(35)18-14-24-30-17(13-23(26(27,28)29)34(24)31-18)16-6-7-21-22(12-16)38-15-37-21/h2-7,12,14,17,23,30H,8-11,13,15H2,1H3/t17-,23+/m1/s1. The molecule has 1 fully saturated rings. The highest BCUT2D eigenvalue weighted by molar-refractivity contribution is 5.93. The number of fused-ring (bicyclic) bond motifs is 2. The van der Waals surface area contributed by atoms with Crippen molar-refractivity contribution in [2.45, 2.75) is 24.7 Å². The molecule has 0 aliphatic carbocycles. The molecule has 200 valence electrons. The molecule has 2 aromatic carbocycles. The van der Waals surface area contributed by atoms with E-state index >= 15 is 0 Å². The highest BCUT2D eigenvalue weighted by Crippen LogP contribution is 2.45. The lowest BCUT2D eigenvalue weighted by atomic mass is 9.96. The van der Waals surface area contributed by atoms with Crippen LogP contribution >= 0.6 is 0 Å². The van der Waals surface area contributed by atoms with Gasteiger partial charge < -0.3 is 29.3 Å². The molecular formula is C26H26F3N5O4. The fraction of sp³-hybridized carbons (Fsp3) is 0.385. The highest BCUT2D eigenvalue weighted by Gasteiger charge is 2.47. The summed E-state index contributed by atoms with van der Waals surface area (Å²) in [5.41, 5.74) is 1.56. The first-order chi connectivity index (χ1) is 18.3. The molecule has 6 rings (SSSR count). The predicted octanol–water partition coefficient (Wildman–Crippen LogP) is 4.24. The Morgan fingerprint density at radius 2 is 1.82 bits per heavy atom. The number of halogens is 3. The van der Waals surface area contributed by atoms with Gasteiger partial charge in [-0.3, -0.25) is 4.79 Å². The average molecular weight is 530 g/mol. The molecule has 9 nitrogen and oxygen atoms in total. The van der Waals surface area contributed by atoms with Crippen LogP contribution in [0.4, 0.5) is 24.7 Å². The van der Waals surface area contributed by atoms with E-state index in [0.717, 1.165) is 16.1 Å². The molecule has 1 N–H and O–H groups in total. The Kier molecular flexibility index (Phi) is 5.96. The van der Waals surface area contributed by atoms with Gasteiger partial charge in [0.25, 0.3) is 5.91 Å². The van der Waals surface area contributed by atoms with Crippen molar-refractivity contribution in [3.05, 3.63) is 59.8 Å². The highest BCUT2D eigenvalue weighted by atomic mass is 19.4. The molecule has 3 aliphatic heterocycles. The summed E-state index contributed by atoms with van der Waals surface area (Å²) in [6.45, 7) is 2.03. The van der Waals surface area contributed by atoms with Crippen LogP contribution in [0, 0.1) is 0 Å². The monoisotopic (exact) mass is 529 g/mol. The zero-order chi connectivity index (χ0) is 26.4. The normalized spacial score (nSPS) is 20.6. The number of nitrogens with zero attached hydrogens (tertiary/aromatic N) is 4. The van der Waals surface area contributed by atoms with Gasteiger partial charge in [0.1, 0.15) is 11.6 Å². The molecule has 1 aromatic heterocycles. The van der Waals surface area contributed by atoms with Crippen molar-refractivity contribution < 1.29 is 32.2 Å². The van der Waals surface area contributed by atoms with Crippen molar-refractivity contribution >= 4 is 17.4 Å². The molecule has 3 aromatic rings. The number of rotatable bonds is 4. The number of para-hydroxylation sites is 2. The van der Waals surface area contributed by atoms with Crippen LogP contribution in [-0.4, -0.2) is 66.8 Å². The number of benzene rings is 2. The number of ether oxygens (including phenoxy) is 3. The maximum atomic E-state index is 14.1. The summed E-state index contributed by atoms with van der Waals surface area (Å²) in [6, 6.07) is 11.6. The van der Waals surface area contributed by atoms with E-state index in [1.165, 1.54) is 6.07 Å². The van der Waals surface area contributed by atoms with Crippen molar-refractivity contribution in [3.8, 4) is 17.2 Å². The van der Waals surface area contributed by atoms with Crippen LogP contribution in [0.5, 0.6) is 17.2 Å². The van der Waals surface area contributed by atoms with Crippen molar-refractivity contribution in [2.75, 3.05) is 50.3 Å². The Morgan fingerprint density at radius 1 is 1.05 bits per heavy atom. The summed E-state index contributed by atoms with van der Waals surface area (Å²) >= 11 is 0. The van der Waals surface area contributed by atoms with Gasteiger partial charge in [-0.25, -0.2) is 4.68 Å². The number of aromatic nitrogens is 2. The second-order valence-corrected chi connectivity index (χ2v) is 9.41. The van der Waals surface area contributed by atoms with E-state index in [1.807, 2.05) is 24.3 Å². The Bertz CT molecular complexity index is 1350. The topological polar surface area (TPSA) is 81.1 Å². The molecule has 1 saturated heterocycles. The molecular weight excluding hydrogens is 503 g/mol. The lowest BCUT2D eigenvalue weighted by Gasteiger charge is -2.36. The zero-order valence-corrected chi connectivity index (χ0v) is 20.6. The Labute approximate surface area is 216 Å². The molecule has 2 atom stereocenters. The lowest BCUT2D eigenvalue weighted by molar-refractivity contribution is -0.173. The van der Waals surface area contributed by atoms with E-state index in [1.54, 1.807) is 30.2 Å². The quantitative estimate of drug-likeness (QED) is 0.542. The Morgan fingerprint density at radius 3 is 2.58 bits per heavy atom. The summed E-state index contributed by atoms with van der Waals surface area (Å²) in [7, 11) is 1.61. The van der Waals surface area contributed by atoms with Gasteiger partial charge in [0, 0.05) is 38.7 Å². The van der Waals surface area contributed by atoms with Gasteiger partial charge >= 0.3 is 6.18 Å². The second kappa shape index (κ2) is 9.34. The van der Waals surface area contributed by atoms with Crippen LogP contribution in [0.2, 0.25) is 0 Å². The molecule has 4 heterocycles. The third-order valence-electron chi connectivity index (χ3n) is 7.20. The van der Waals surface area contributed by atoms with E-state index in [0.29, 0.717) is 43.2 Å². The van der Waals surface area contributed by atoms with Gasteiger partial charge in [-0.15, -0.1) is 0 Å². The number of hydrogen-bond donors (Lipinski definition) is 1. The molecule has 12 heteroatoms. The zero-order valence-electron chi connectivity index (χ0n) is 20.6. The third kappa shape index (κ3) is 4.33. The average Bonchev–Trinajstić information content (AvgIpc) is 3.58. The van der Waals surface area contributed by atoms with Crippen molar-refractivity contribution in [1.82, 2.24) is 14.7 Å². The van der Waals surface area contributed by atoms with Crippen LogP contribution in [0.1, 0.15) is 34.6 Å². The summed E-state index contributed by atoms with van der Waals surface area (Å²) < 4.78 is 59.4. The number of hydrogen-bond acceptors (Lipinski definition) is 7. The van der Waals surface area contributed by atoms with Gasteiger partial charge in [-0.05, 0) is 29.8 Å². The third-order valence-corrected chi connectivity index (χ3v) is 7.20. The maximum Gasteiger partial charge on any atom is 0.410 e. The smallest absolute Gasteiger partial charge is 0.410 e. The number of alkyl halides is 3. The molecule has 0 spiro atoms. The molecule has 38 heavy (non-hydrogen) atoms. The minimum absolute atomic E-state index is 0.0150. The fourth-order valence-corrected chi connectivity index (χ4v) is 5.23. The van der Waals surface area contributed by atoms with Gasteiger partial charge in [0.15, 0.2) is 23.2 Å². The largest absolute Gasteiger partial charge is 0.495 e. The van der Waals surface area contributed by atoms with Gasteiger partial charge in [0.05, 0.1) is 18.8 Å². The van der Waals surface area contributed by atoms with Crippen molar-refractivity contribution in [1.29, 1.82) is 0 Å². The molecule has 0 saturated carbocycles. The second-order valence-electron chi connectivity index (χ2n) is 9.41. The Hall–Kier alpha value is -4.09. The summed E-state index contributed by atoms with van der Waals surface area (Å²) in [4.78, 5) is 17.0. The number of methoxy groups -OCH3 is 1. The summed E-state index contributed by atoms with van der Waals surface area (Å²) in [5, 5.41) is 7.27. The van der Waals surface area contributed by atoms with Gasteiger partial charge in [-0.1, -0.05) is 18.2 Å². The SMILES string of the molecule is COc1ccccc1N1CCN(C(=O)c2cc3n(n2)[C@H](C(F)(F)F)C[C@H](c2ccc4c(c2)OCO4)N3)CC1. The number of piperazine rings is 1. The number of anilines is 2. The van der Waals surface area contributed by atoms with Crippen LogP contribution in [0.15, 0.2) is 48.5 Å². The minimum atomic E-state index is -4.54. The first kappa shape index (κ1) is 24.3. The van der Waals surface area contributed by atoms with Crippen LogP contribution < -0.4 is 24.4 Å². The number of carbonyl (C=O) groups is 1. The van der Waals surface area contributed by atoms with E-state index in [9.17, 15) is 18.0 Å². The van der Waals surface area contributed by atoms with Crippen LogP contribution in [0.3, 0.4) is 0 Å². The number of amides is 1. The summed E-state index contributed by atoms with van der Waals surface area (Å²) in [5.74, 6) is 1.55. The predicted molar refractivity (Wildman–Crippen MR) is 132 cm³/mol. The van der Waals surface area contributed by atoms with E-state index in [-0.39, 0.29) is 24.7 Å². The van der Waals surface area contributed by atoms with Crippen molar-refractivity contribution in [2.24, 2.45) is 0 Å².